The number of aromatic nitrogens is 2. The van der Waals surface area contributed by atoms with Gasteiger partial charge < -0.3 is 14.6 Å². The van der Waals surface area contributed by atoms with E-state index in [2.05, 4.69) is 47.8 Å². The zero-order valence-corrected chi connectivity index (χ0v) is 18.4. The normalized spacial score (nSPS) is 20.2. The van der Waals surface area contributed by atoms with Gasteiger partial charge in [-0.1, -0.05) is 20.8 Å². The van der Waals surface area contributed by atoms with Crippen LogP contribution >= 0.6 is 0 Å². The van der Waals surface area contributed by atoms with Gasteiger partial charge in [0, 0.05) is 40.4 Å². The first-order valence-corrected chi connectivity index (χ1v) is 10.9. The minimum absolute atomic E-state index is 0.0278. The van der Waals surface area contributed by atoms with Crippen molar-refractivity contribution in [2.75, 3.05) is 32.8 Å². The smallest absolute Gasteiger partial charge is 0.148 e. The van der Waals surface area contributed by atoms with Crippen LogP contribution in [0.15, 0.2) is 12.1 Å². The maximum Gasteiger partial charge on any atom is 0.148 e. The lowest BCUT2D eigenvalue weighted by atomic mass is 9.86. The van der Waals surface area contributed by atoms with Crippen molar-refractivity contribution < 1.29 is 9.13 Å². The van der Waals surface area contributed by atoms with E-state index in [9.17, 15) is 0 Å². The maximum absolute atomic E-state index is 15.6. The Hall–Kier alpha value is -1.72. The summed E-state index contributed by atoms with van der Waals surface area (Å²) in [4.78, 5) is 10.5. The minimum atomic E-state index is -0.0278. The van der Waals surface area contributed by atoms with Crippen LogP contribution in [0.25, 0.3) is 11.3 Å². The molecule has 2 aliphatic rings. The Balaban J connectivity index is 1.57. The molecule has 0 aliphatic carbocycles. The van der Waals surface area contributed by atoms with Crippen LogP contribution < -0.4 is 0 Å². The molecule has 2 aromatic rings. The number of likely N-dealkylation sites (tertiary alicyclic amines) is 1. The Morgan fingerprint density at radius 1 is 1.21 bits per heavy atom. The quantitative estimate of drug-likeness (QED) is 0.754. The minimum Gasteiger partial charge on any atom is -0.380 e. The number of ether oxygens (including phenoxy) is 1. The first kappa shape index (κ1) is 20.5. The van der Waals surface area contributed by atoms with Crippen LogP contribution in [0.5, 0.6) is 0 Å². The van der Waals surface area contributed by atoms with Gasteiger partial charge in [-0.05, 0) is 57.8 Å². The number of pyridine rings is 1. The summed E-state index contributed by atoms with van der Waals surface area (Å²) in [5, 5.41) is 0. The summed E-state index contributed by atoms with van der Waals surface area (Å²) in [5.41, 5.74) is 5.82. The molecule has 4 nitrogen and oxygen atoms in total. The second-order valence-electron chi connectivity index (χ2n) is 9.79. The van der Waals surface area contributed by atoms with E-state index < -0.39 is 0 Å². The Bertz CT molecular complexity index is 856. The van der Waals surface area contributed by atoms with Gasteiger partial charge in [-0.25, -0.2) is 4.39 Å². The average Bonchev–Trinajstić information content (AvgIpc) is 2.98. The zero-order chi connectivity index (χ0) is 20.8. The second-order valence-corrected chi connectivity index (χ2v) is 9.79. The highest BCUT2D eigenvalue weighted by molar-refractivity contribution is 5.66. The topological polar surface area (TPSA) is 41.2 Å². The summed E-state index contributed by atoms with van der Waals surface area (Å²) >= 11 is 0. The molecule has 0 spiro atoms. The van der Waals surface area contributed by atoms with Gasteiger partial charge in [0.15, 0.2) is 0 Å². The number of H-pyrrole nitrogens is 1. The van der Waals surface area contributed by atoms with E-state index >= 15 is 4.39 Å². The van der Waals surface area contributed by atoms with E-state index in [4.69, 9.17) is 4.74 Å². The van der Waals surface area contributed by atoms with Gasteiger partial charge in [-0.3, -0.25) is 4.98 Å². The summed E-state index contributed by atoms with van der Waals surface area (Å²) < 4.78 is 21.0. The molecule has 0 aromatic carbocycles. The van der Waals surface area contributed by atoms with Crippen molar-refractivity contribution >= 4 is 0 Å². The molecule has 5 heteroatoms. The number of hydrogen-bond acceptors (Lipinski definition) is 3. The SMILES string of the molecule is Cc1cc(-c2[nH]c(C3CCN(CC4(C)COC4)CC3)c(F)c2C(C)C)cc(C)n1. The zero-order valence-electron chi connectivity index (χ0n) is 18.4. The van der Waals surface area contributed by atoms with Crippen LogP contribution in [0, 0.1) is 25.1 Å². The predicted octanol–water partition coefficient (Wildman–Crippen LogP) is 5.17. The lowest BCUT2D eigenvalue weighted by Gasteiger charge is -2.43. The summed E-state index contributed by atoms with van der Waals surface area (Å²) in [6.45, 7) is 15.3. The lowest BCUT2D eigenvalue weighted by Crippen LogP contribution is -2.50. The number of rotatable bonds is 5. The van der Waals surface area contributed by atoms with Crippen molar-refractivity contribution in [3.05, 3.63) is 40.6 Å². The number of piperidine rings is 1. The molecular weight excluding hydrogens is 365 g/mol. The number of nitrogens with one attached hydrogen (secondary N) is 1. The molecule has 0 saturated carbocycles. The fraction of sp³-hybridized carbons (Fsp3) is 0.625. The fourth-order valence-electron chi connectivity index (χ4n) is 5.00. The van der Waals surface area contributed by atoms with Crippen molar-refractivity contribution in [3.8, 4) is 11.3 Å². The molecule has 1 N–H and O–H groups in total. The van der Waals surface area contributed by atoms with Gasteiger partial charge in [0.05, 0.1) is 24.6 Å². The van der Waals surface area contributed by atoms with Crippen molar-refractivity contribution in [1.82, 2.24) is 14.9 Å². The van der Waals surface area contributed by atoms with Crippen LogP contribution in [0.4, 0.5) is 4.39 Å². The molecule has 2 aromatic heterocycles. The van der Waals surface area contributed by atoms with E-state index in [1.165, 1.54) is 0 Å². The molecule has 2 fully saturated rings. The van der Waals surface area contributed by atoms with E-state index in [1.54, 1.807) is 0 Å². The van der Waals surface area contributed by atoms with E-state index in [0.29, 0.717) is 5.41 Å². The highest BCUT2D eigenvalue weighted by Crippen LogP contribution is 2.39. The van der Waals surface area contributed by atoms with Crippen molar-refractivity contribution in [2.24, 2.45) is 5.41 Å². The molecule has 0 radical (unpaired) electrons. The summed E-state index contributed by atoms with van der Waals surface area (Å²) in [7, 11) is 0. The molecular formula is C24H34FN3O. The standard InChI is InChI=1S/C24H34FN3O/c1-15(2)20-21(25)23(27-22(20)19-10-16(3)26-17(4)11-19)18-6-8-28(9-7-18)12-24(5)13-29-14-24/h10-11,15,18,27H,6-9,12-14H2,1-5H3. The molecule has 2 saturated heterocycles. The molecule has 2 aliphatic heterocycles. The molecule has 4 rings (SSSR count). The summed E-state index contributed by atoms with van der Waals surface area (Å²) in [5.74, 6) is 0.356. The third kappa shape index (κ3) is 4.13. The number of halogens is 1. The van der Waals surface area contributed by atoms with E-state index in [1.807, 2.05) is 13.8 Å². The third-order valence-electron chi connectivity index (χ3n) is 6.45. The van der Waals surface area contributed by atoms with Crippen LogP contribution in [0.1, 0.15) is 68.1 Å². The predicted molar refractivity (Wildman–Crippen MR) is 115 cm³/mol. The summed E-state index contributed by atoms with van der Waals surface area (Å²) in [6.07, 6.45) is 2.00. The number of nitrogens with zero attached hydrogens (tertiary/aromatic N) is 2. The Morgan fingerprint density at radius 2 is 1.83 bits per heavy atom. The number of aryl methyl sites for hydroxylation is 2. The molecule has 158 valence electrons. The fourth-order valence-corrected chi connectivity index (χ4v) is 5.00. The third-order valence-corrected chi connectivity index (χ3v) is 6.45. The highest BCUT2D eigenvalue weighted by Gasteiger charge is 2.37. The van der Waals surface area contributed by atoms with Crippen molar-refractivity contribution in [2.45, 2.75) is 59.3 Å². The van der Waals surface area contributed by atoms with Gasteiger partial charge in [0.2, 0.25) is 0 Å². The van der Waals surface area contributed by atoms with Gasteiger partial charge in [-0.15, -0.1) is 0 Å². The molecule has 0 unspecified atom stereocenters. The molecule has 0 bridgehead atoms. The van der Waals surface area contributed by atoms with Crippen molar-refractivity contribution in [3.63, 3.8) is 0 Å². The van der Waals surface area contributed by atoms with Crippen LogP contribution in [0.2, 0.25) is 0 Å². The molecule has 0 atom stereocenters. The van der Waals surface area contributed by atoms with Gasteiger partial charge >= 0.3 is 0 Å². The van der Waals surface area contributed by atoms with Crippen LogP contribution in [-0.4, -0.2) is 47.7 Å². The van der Waals surface area contributed by atoms with Gasteiger partial charge in [0.1, 0.15) is 5.82 Å². The first-order chi connectivity index (χ1) is 13.8. The van der Waals surface area contributed by atoms with Gasteiger partial charge in [0.25, 0.3) is 0 Å². The first-order valence-electron chi connectivity index (χ1n) is 10.9. The van der Waals surface area contributed by atoms with Gasteiger partial charge in [-0.2, -0.15) is 0 Å². The highest BCUT2D eigenvalue weighted by atomic mass is 19.1. The maximum atomic E-state index is 15.6. The number of hydrogen-bond donors (Lipinski definition) is 1. The largest absolute Gasteiger partial charge is 0.380 e. The monoisotopic (exact) mass is 399 g/mol. The van der Waals surface area contributed by atoms with Crippen molar-refractivity contribution in [1.29, 1.82) is 0 Å². The Morgan fingerprint density at radius 3 is 2.34 bits per heavy atom. The van der Waals surface area contributed by atoms with E-state index in [-0.39, 0.29) is 17.7 Å². The van der Waals surface area contributed by atoms with Crippen LogP contribution in [0.3, 0.4) is 0 Å². The Kier molecular flexibility index (Phi) is 5.56. The molecule has 4 heterocycles. The summed E-state index contributed by atoms with van der Waals surface area (Å²) in [6, 6.07) is 4.11. The second kappa shape index (κ2) is 7.84. The lowest BCUT2D eigenvalue weighted by molar-refractivity contribution is -0.116. The number of aromatic amines is 1. The van der Waals surface area contributed by atoms with E-state index in [0.717, 1.165) is 79.6 Å². The average molecular weight is 400 g/mol. The molecule has 29 heavy (non-hydrogen) atoms. The van der Waals surface area contributed by atoms with Crippen LogP contribution in [-0.2, 0) is 4.74 Å². The molecule has 0 amide bonds. The Labute approximate surface area is 173 Å².